The number of hydrogen-bond acceptors (Lipinski definition) is 2. The molecular weight excluding hydrogens is 265 g/mol. The van der Waals surface area contributed by atoms with Crippen LogP contribution in [0.4, 0.5) is 5.69 Å². The highest BCUT2D eigenvalue weighted by molar-refractivity contribution is 9.10. The summed E-state index contributed by atoms with van der Waals surface area (Å²) < 4.78 is 6.49. The number of benzene rings is 1. The maximum absolute atomic E-state index is 5.95. The fourth-order valence-electron chi connectivity index (χ4n) is 1.31. The number of anilines is 1. The summed E-state index contributed by atoms with van der Waals surface area (Å²) in [6.45, 7) is 0. The Balaban J connectivity index is 2.19. The molecule has 2 rings (SSSR count). The molecule has 14 heavy (non-hydrogen) atoms. The van der Waals surface area contributed by atoms with E-state index in [0.29, 0.717) is 22.6 Å². The summed E-state index contributed by atoms with van der Waals surface area (Å²) in [5.41, 5.74) is 6.44. The van der Waals surface area contributed by atoms with E-state index in [-0.39, 0.29) is 0 Å². The van der Waals surface area contributed by atoms with Crippen LogP contribution >= 0.6 is 27.5 Å². The lowest BCUT2D eigenvalue weighted by atomic mass is 9.96. The molecule has 1 aliphatic rings. The second-order valence-corrected chi connectivity index (χ2v) is 4.74. The standard InChI is InChI=1S/C10H11BrClNO/c11-7-4-9(13)10(5-8(7)12)14-6-2-1-3-6/h4-6H,1-3,13H2. The van der Waals surface area contributed by atoms with Gasteiger partial charge in [0.05, 0.1) is 16.8 Å². The van der Waals surface area contributed by atoms with Crippen molar-refractivity contribution in [2.75, 3.05) is 5.73 Å². The Hall–Kier alpha value is -0.410. The van der Waals surface area contributed by atoms with E-state index in [1.807, 2.05) is 0 Å². The summed E-state index contributed by atoms with van der Waals surface area (Å²) >= 11 is 9.26. The lowest BCUT2D eigenvalue weighted by Gasteiger charge is -2.27. The fourth-order valence-corrected chi connectivity index (χ4v) is 1.83. The zero-order chi connectivity index (χ0) is 10.1. The average Bonchev–Trinajstić information content (AvgIpc) is 2.06. The van der Waals surface area contributed by atoms with E-state index >= 15 is 0 Å². The van der Waals surface area contributed by atoms with Gasteiger partial charge in [-0.05, 0) is 41.3 Å². The quantitative estimate of drug-likeness (QED) is 0.838. The van der Waals surface area contributed by atoms with Crippen molar-refractivity contribution in [1.82, 2.24) is 0 Å². The average molecular weight is 277 g/mol. The molecule has 0 aromatic heterocycles. The minimum Gasteiger partial charge on any atom is -0.488 e. The molecule has 1 aromatic rings. The summed E-state index contributed by atoms with van der Waals surface area (Å²) in [6, 6.07) is 3.54. The lowest BCUT2D eigenvalue weighted by Crippen LogP contribution is -2.24. The van der Waals surface area contributed by atoms with E-state index in [9.17, 15) is 0 Å². The van der Waals surface area contributed by atoms with Crippen molar-refractivity contribution >= 4 is 33.2 Å². The molecule has 1 aliphatic carbocycles. The van der Waals surface area contributed by atoms with Gasteiger partial charge in [0.1, 0.15) is 5.75 Å². The molecule has 0 amide bonds. The van der Waals surface area contributed by atoms with Gasteiger partial charge >= 0.3 is 0 Å². The highest BCUT2D eigenvalue weighted by atomic mass is 79.9. The van der Waals surface area contributed by atoms with Crippen LogP contribution in [0.5, 0.6) is 5.75 Å². The molecule has 4 heteroatoms. The third-order valence-corrected chi connectivity index (χ3v) is 3.60. The Bertz CT molecular complexity index is 352. The first kappa shape index (κ1) is 10.1. The molecule has 1 fully saturated rings. The van der Waals surface area contributed by atoms with Gasteiger partial charge in [-0.1, -0.05) is 11.6 Å². The molecule has 0 unspecified atom stereocenters. The number of ether oxygens (including phenoxy) is 1. The number of nitrogen functional groups attached to an aromatic ring is 1. The third-order valence-electron chi connectivity index (χ3n) is 2.40. The van der Waals surface area contributed by atoms with E-state index < -0.39 is 0 Å². The molecule has 0 saturated heterocycles. The van der Waals surface area contributed by atoms with Crippen LogP contribution in [0.2, 0.25) is 5.02 Å². The molecule has 1 aromatic carbocycles. The van der Waals surface area contributed by atoms with Crippen LogP contribution in [-0.2, 0) is 0 Å². The van der Waals surface area contributed by atoms with Crippen molar-refractivity contribution in [1.29, 1.82) is 0 Å². The van der Waals surface area contributed by atoms with E-state index in [4.69, 9.17) is 22.1 Å². The highest BCUT2D eigenvalue weighted by Crippen LogP contribution is 2.35. The summed E-state index contributed by atoms with van der Waals surface area (Å²) in [4.78, 5) is 0. The minimum absolute atomic E-state index is 0.328. The van der Waals surface area contributed by atoms with E-state index in [0.717, 1.165) is 17.3 Å². The van der Waals surface area contributed by atoms with Crippen LogP contribution in [0, 0.1) is 0 Å². The minimum atomic E-state index is 0.328. The van der Waals surface area contributed by atoms with Gasteiger partial charge < -0.3 is 10.5 Å². The zero-order valence-corrected chi connectivity index (χ0v) is 9.94. The Kier molecular flexibility index (Phi) is 2.88. The SMILES string of the molecule is Nc1cc(Br)c(Cl)cc1OC1CCC1. The number of hydrogen-bond donors (Lipinski definition) is 1. The second-order valence-electron chi connectivity index (χ2n) is 3.47. The van der Waals surface area contributed by atoms with Gasteiger partial charge in [-0.3, -0.25) is 0 Å². The Morgan fingerprint density at radius 1 is 1.43 bits per heavy atom. The molecule has 76 valence electrons. The van der Waals surface area contributed by atoms with Crippen LogP contribution in [0.3, 0.4) is 0 Å². The number of halogens is 2. The first-order valence-corrected chi connectivity index (χ1v) is 5.75. The van der Waals surface area contributed by atoms with Crippen LogP contribution in [-0.4, -0.2) is 6.10 Å². The summed E-state index contributed by atoms with van der Waals surface area (Å²) in [5, 5.41) is 0.633. The van der Waals surface area contributed by atoms with Gasteiger partial charge in [-0.2, -0.15) is 0 Å². The third kappa shape index (κ3) is 1.98. The summed E-state index contributed by atoms with van der Waals surface area (Å²) in [7, 11) is 0. The van der Waals surface area contributed by atoms with Crippen molar-refractivity contribution in [3.05, 3.63) is 21.6 Å². The van der Waals surface area contributed by atoms with Gasteiger partial charge in [-0.15, -0.1) is 0 Å². The summed E-state index contributed by atoms with van der Waals surface area (Å²) in [6.07, 6.45) is 3.81. The van der Waals surface area contributed by atoms with Crippen molar-refractivity contribution in [3.8, 4) is 5.75 Å². The molecule has 1 saturated carbocycles. The Labute approximate surface area is 96.5 Å². The number of rotatable bonds is 2. The monoisotopic (exact) mass is 275 g/mol. The smallest absolute Gasteiger partial charge is 0.144 e. The van der Waals surface area contributed by atoms with E-state index in [1.165, 1.54) is 6.42 Å². The Morgan fingerprint density at radius 2 is 2.14 bits per heavy atom. The van der Waals surface area contributed by atoms with Crippen molar-refractivity contribution in [2.24, 2.45) is 0 Å². The van der Waals surface area contributed by atoms with Gasteiger partial charge in [0.2, 0.25) is 0 Å². The van der Waals surface area contributed by atoms with Crippen LogP contribution in [0.25, 0.3) is 0 Å². The van der Waals surface area contributed by atoms with Gasteiger partial charge in [-0.25, -0.2) is 0 Å². The molecular formula is C10H11BrClNO. The van der Waals surface area contributed by atoms with E-state index in [2.05, 4.69) is 15.9 Å². The van der Waals surface area contributed by atoms with Gasteiger partial charge in [0.15, 0.2) is 0 Å². The molecule has 0 heterocycles. The van der Waals surface area contributed by atoms with Crippen molar-refractivity contribution in [3.63, 3.8) is 0 Å². The first-order chi connectivity index (χ1) is 6.66. The molecule has 0 spiro atoms. The van der Waals surface area contributed by atoms with Crippen LogP contribution in [0.15, 0.2) is 16.6 Å². The fraction of sp³-hybridized carbons (Fsp3) is 0.400. The topological polar surface area (TPSA) is 35.2 Å². The maximum Gasteiger partial charge on any atom is 0.144 e. The zero-order valence-electron chi connectivity index (χ0n) is 7.59. The van der Waals surface area contributed by atoms with Gasteiger partial charge in [0.25, 0.3) is 0 Å². The predicted octanol–water partition coefficient (Wildman–Crippen LogP) is 3.62. The lowest BCUT2D eigenvalue weighted by molar-refractivity contribution is 0.121. The van der Waals surface area contributed by atoms with Crippen molar-refractivity contribution in [2.45, 2.75) is 25.4 Å². The predicted molar refractivity (Wildman–Crippen MR) is 61.8 cm³/mol. The molecule has 0 atom stereocenters. The molecule has 2 N–H and O–H groups in total. The highest BCUT2D eigenvalue weighted by Gasteiger charge is 2.20. The van der Waals surface area contributed by atoms with E-state index in [1.54, 1.807) is 12.1 Å². The molecule has 0 bridgehead atoms. The summed E-state index contributed by atoms with van der Waals surface area (Å²) in [5.74, 6) is 0.697. The molecule has 0 radical (unpaired) electrons. The normalized spacial score (nSPS) is 16.4. The first-order valence-electron chi connectivity index (χ1n) is 4.58. The van der Waals surface area contributed by atoms with Crippen molar-refractivity contribution < 1.29 is 4.74 Å². The van der Waals surface area contributed by atoms with Crippen LogP contribution in [0.1, 0.15) is 19.3 Å². The van der Waals surface area contributed by atoms with Crippen LogP contribution < -0.4 is 10.5 Å². The molecule has 2 nitrogen and oxygen atoms in total. The second kappa shape index (κ2) is 3.99. The van der Waals surface area contributed by atoms with Gasteiger partial charge in [0, 0.05) is 10.5 Å². The Morgan fingerprint density at radius 3 is 2.71 bits per heavy atom. The number of nitrogens with two attached hydrogens (primary N) is 1. The molecule has 0 aliphatic heterocycles. The maximum atomic E-state index is 5.95. The largest absolute Gasteiger partial charge is 0.488 e.